The van der Waals surface area contributed by atoms with Crippen molar-refractivity contribution in [3.63, 3.8) is 0 Å². The van der Waals surface area contributed by atoms with E-state index in [0.717, 1.165) is 16.8 Å². The Kier molecular flexibility index (Phi) is 6.73. The van der Waals surface area contributed by atoms with Gasteiger partial charge in [0.15, 0.2) is 0 Å². The number of likely N-dealkylation sites (tertiary alicyclic amines) is 1. The second kappa shape index (κ2) is 9.74. The van der Waals surface area contributed by atoms with Gasteiger partial charge in [0.05, 0.1) is 16.8 Å². The van der Waals surface area contributed by atoms with Crippen molar-refractivity contribution in [1.29, 1.82) is 5.41 Å². The third-order valence-corrected chi connectivity index (χ3v) is 6.78. The van der Waals surface area contributed by atoms with Gasteiger partial charge in [0.2, 0.25) is 5.91 Å². The van der Waals surface area contributed by atoms with Crippen LogP contribution in [-0.4, -0.2) is 50.6 Å². The minimum absolute atomic E-state index is 0.000456. The summed E-state index contributed by atoms with van der Waals surface area (Å²) >= 11 is 0. The molecule has 1 fully saturated rings. The van der Waals surface area contributed by atoms with Gasteiger partial charge in [0.1, 0.15) is 5.84 Å². The summed E-state index contributed by atoms with van der Waals surface area (Å²) in [6.07, 6.45) is 3.45. The molecule has 0 unspecified atom stereocenters. The summed E-state index contributed by atoms with van der Waals surface area (Å²) in [5, 5.41) is 21.6. The van der Waals surface area contributed by atoms with Crippen LogP contribution in [0.15, 0.2) is 60.8 Å². The lowest BCUT2D eigenvalue weighted by atomic mass is 9.81. The van der Waals surface area contributed by atoms with Gasteiger partial charge in [-0.15, -0.1) is 0 Å². The zero-order valence-electron chi connectivity index (χ0n) is 20.1. The van der Waals surface area contributed by atoms with Crippen molar-refractivity contribution < 1.29 is 14.7 Å². The van der Waals surface area contributed by atoms with Crippen molar-refractivity contribution in [3.05, 3.63) is 71.9 Å². The highest BCUT2D eigenvalue weighted by Crippen LogP contribution is 2.36. The van der Waals surface area contributed by atoms with Crippen LogP contribution in [0.5, 0.6) is 0 Å². The lowest BCUT2D eigenvalue weighted by Gasteiger charge is -2.36. The Morgan fingerprint density at radius 1 is 1.09 bits per heavy atom. The van der Waals surface area contributed by atoms with Crippen molar-refractivity contribution in [2.75, 3.05) is 13.1 Å². The van der Waals surface area contributed by atoms with Crippen LogP contribution in [0.25, 0.3) is 16.9 Å². The van der Waals surface area contributed by atoms with E-state index < -0.39 is 11.4 Å². The van der Waals surface area contributed by atoms with Crippen LogP contribution < -0.4 is 5.73 Å². The molecule has 0 spiro atoms. The Balaban J connectivity index is 1.68. The molecular weight excluding hydrogens is 442 g/mol. The SMILES string of the molecule is CC(C)(C(=O)N1CCC(CC(=O)O)CC1)c1cn(-c2ccccc2)nc1-c1ccc(C(=N)N)cc1. The lowest BCUT2D eigenvalue weighted by Crippen LogP contribution is -2.47. The maximum Gasteiger partial charge on any atom is 0.303 e. The normalized spacial score (nSPS) is 14.6. The highest BCUT2D eigenvalue weighted by Gasteiger charge is 2.39. The van der Waals surface area contributed by atoms with Gasteiger partial charge in [0.25, 0.3) is 0 Å². The molecule has 4 rings (SSSR count). The average molecular weight is 474 g/mol. The van der Waals surface area contributed by atoms with Gasteiger partial charge in [-0.2, -0.15) is 5.10 Å². The molecule has 8 heteroatoms. The van der Waals surface area contributed by atoms with Gasteiger partial charge in [-0.1, -0.05) is 42.5 Å². The summed E-state index contributed by atoms with van der Waals surface area (Å²) in [6, 6.07) is 17.0. The van der Waals surface area contributed by atoms with Crippen molar-refractivity contribution in [3.8, 4) is 16.9 Å². The van der Waals surface area contributed by atoms with Crippen LogP contribution in [0.3, 0.4) is 0 Å². The summed E-state index contributed by atoms with van der Waals surface area (Å²) in [7, 11) is 0. The van der Waals surface area contributed by atoms with E-state index in [9.17, 15) is 9.59 Å². The molecule has 0 bridgehead atoms. The van der Waals surface area contributed by atoms with Gasteiger partial charge in [-0.3, -0.25) is 15.0 Å². The number of benzene rings is 2. The predicted molar refractivity (Wildman–Crippen MR) is 135 cm³/mol. The van der Waals surface area contributed by atoms with Gasteiger partial charge in [-0.25, -0.2) is 4.68 Å². The van der Waals surface area contributed by atoms with Crippen molar-refractivity contribution in [2.24, 2.45) is 11.7 Å². The number of piperidine rings is 1. The maximum absolute atomic E-state index is 13.7. The number of amides is 1. The number of amidine groups is 1. The number of aliphatic carboxylic acids is 1. The van der Waals surface area contributed by atoms with Gasteiger partial charge < -0.3 is 15.7 Å². The molecule has 0 radical (unpaired) electrons. The predicted octanol–water partition coefficient (Wildman–Crippen LogP) is 3.81. The third-order valence-electron chi connectivity index (χ3n) is 6.78. The first-order chi connectivity index (χ1) is 16.7. The molecular formula is C27H31N5O3. The van der Waals surface area contributed by atoms with Gasteiger partial charge >= 0.3 is 5.97 Å². The van der Waals surface area contributed by atoms with Crippen LogP contribution in [0.1, 0.15) is 44.2 Å². The fourth-order valence-electron chi connectivity index (χ4n) is 4.66. The highest BCUT2D eigenvalue weighted by atomic mass is 16.4. The summed E-state index contributed by atoms with van der Waals surface area (Å²) in [5.41, 5.74) is 8.60. The quantitative estimate of drug-likeness (QED) is 0.355. The minimum Gasteiger partial charge on any atom is -0.481 e. The number of aromatic nitrogens is 2. The molecule has 1 aliphatic rings. The Hall–Kier alpha value is -3.94. The molecule has 2 aromatic carbocycles. The number of hydrogen-bond acceptors (Lipinski definition) is 4. The number of nitrogens with two attached hydrogens (primary N) is 1. The molecule has 3 aromatic rings. The zero-order valence-corrected chi connectivity index (χ0v) is 20.1. The number of nitrogen functional groups attached to an aromatic ring is 1. The number of carboxylic acid groups (broad SMARTS) is 1. The molecule has 1 aromatic heterocycles. The first kappa shape index (κ1) is 24.2. The maximum atomic E-state index is 13.7. The number of carbonyl (C=O) groups is 2. The fourth-order valence-corrected chi connectivity index (χ4v) is 4.66. The lowest BCUT2D eigenvalue weighted by molar-refractivity contribution is -0.139. The topological polar surface area (TPSA) is 125 Å². The van der Waals surface area contributed by atoms with E-state index in [4.69, 9.17) is 21.3 Å². The Bertz CT molecular complexity index is 1220. The standard InChI is InChI=1S/C27H31N5O3/c1-27(2,26(35)31-14-12-18(13-15-31)16-23(33)34)22-17-32(21-6-4-3-5-7-21)30-24(22)19-8-10-20(11-9-19)25(28)29/h3-11,17-18H,12-16H2,1-2H3,(H3,28,29)(H,33,34). The van der Waals surface area contributed by atoms with Crippen LogP contribution in [0.4, 0.5) is 0 Å². The van der Waals surface area contributed by atoms with E-state index in [2.05, 4.69) is 0 Å². The molecule has 1 amide bonds. The summed E-state index contributed by atoms with van der Waals surface area (Å²) < 4.78 is 1.79. The van der Waals surface area contributed by atoms with Crippen LogP contribution in [0, 0.1) is 11.3 Å². The molecule has 35 heavy (non-hydrogen) atoms. The number of carbonyl (C=O) groups excluding carboxylic acids is 1. The van der Waals surface area contributed by atoms with E-state index in [1.165, 1.54) is 0 Å². The number of nitrogens with zero attached hydrogens (tertiary/aromatic N) is 3. The molecule has 2 heterocycles. The van der Waals surface area contributed by atoms with Crippen molar-refractivity contribution >= 4 is 17.7 Å². The van der Waals surface area contributed by atoms with Crippen LogP contribution >= 0.6 is 0 Å². The molecule has 0 atom stereocenters. The molecule has 0 aliphatic carbocycles. The fraction of sp³-hybridized carbons (Fsp3) is 0.333. The molecule has 1 saturated heterocycles. The van der Waals surface area contributed by atoms with Crippen LogP contribution in [-0.2, 0) is 15.0 Å². The van der Waals surface area contributed by atoms with E-state index in [1.807, 2.05) is 67.4 Å². The van der Waals surface area contributed by atoms with E-state index >= 15 is 0 Å². The monoisotopic (exact) mass is 473 g/mol. The van der Waals surface area contributed by atoms with E-state index in [1.54, 1.807) is 16.8 Å². The first-order valence-electron chi connectivity index (χ1n) is 11.8. The highest BCUT2D eigenvalue weighted by molar-refractivity contribution is 5.95. The van der Waals surface area contributed by atoms with Crippen molar-refractivity contribution in [1.82, 2.24) is 14.7 Å². The second-order valence-corrected chi connectivity index (χ2v) is 9.62. The first-order valence-corrected chi connectivity index (χ1v) is 11.8. The molecule has 0 saturated carbocycles. The van der Waals surface area contributed by atoms with E-state index in [0.29, 0.717) is 37.2 Å². The second-order valence-electron chi connectivity index (χ2n) is 9.62. The molecule has 4 N–H and O–H groups in total. The number of carboxylic acids is 1. The average Bonchev–Trinajstić information content (AvgIpc) is 3.31. The van der Waals surface area contributed by atoms with E-state index in [-0.39, 0.29) is 24.1 Å². The van der Waals surface area contributed by atoms with Gasteiger partial charge in [0, 0.05) is 42.4 Å². The van der Waals surface area contributed by atoms with Crippen molar-refractivity contribution in [2.45, 2.75) is 38.5 Å². The van der Waals surface area contributed by atoms with Crippen LogP contribution in [0.2, 0.25) is 0 Å². The summed E-state index contributed by atoms with van der Waals surface area (Å²) in [5.74, 6) is -0.686. The third kappa shape index (κ3) is 5.11. The molecule has 182 valence electrons. The molecule has 8 nitrogen and oxygen atoms in total. The smallest absolute Gasteiger partial charge is 0.303 e. The molecule has 1 aliphatic heterocycles. The number of rotatable bonds is 7. The number of hydrogen-bond donors (Lipinski definition) is 3. The summed E-state index contributed by atoms with van der Waals surface area (Å²) in [6.45, 7) is 4.93. The Morgan fingerprint density at radius 3 is 2.29 bits per heavy atom. The summed E-state index contributed by atoms with van der Waals surface area (Å²) in [4.78, 5) is 26.7. The zero-order chi connectivity index (χ0) is 25.2. The number of para-hydroxylation sites is 1. The minimum atomic E-state index is -0.860. The number of nitrogens with one attached hydrogen (secondary N) is 1. The Morgan fingerprint density at radius 2 is 1.71 bits per heavy atom. The van der Waals surface area contributed by atoms with Gasteiger partial charge in [-0.05, 0) is 44.7 Å². The Labute approximate surface area is 204 Å². The largest absolute Gasteiger partial charge is 0.481 e.